The van der Waals surface area contributed by atoms with E-state index in [1.54, 1.807) is 0 Å². The second-order valence-corrected chi connectivity index (χ2v) is 9.43. The standard InChI is InChI=1S/C17H19F2N5O3S/c18-11-2-1-3-12(19)16(11)28(26,27)24-14-4-5-15(24)10-8-23(7-9(10)14)17(25)13-6-20-22-21-13/h1-3,6,9-10,14-15,17,25H,4-5,7-8H2,(H,20,21,22)/t9-,10+,14-,15+,17?. The number of benzene rings is 1. The molecule has 0 saturated carbocycles. The molecule has 2 bridgehead atoms. The number of aromatic nitrogens is 3. The normalized spacial score (nSPS) is 31.4. The highest BCUT2D eigenvalue weighted by atomic mass is 32.2. The van der Waals surface area contributed by atoms with Crippen molar-refractivity contribution >= 4 is 10.0 Å². The van der Waals surface area contributed by atoms with Crippen LogP contribution in [-0.2, 0) is 10.0 Å². The summed E-state index contributed by atoms with van der Waals surface area (Å²) < 4.78 is 56.0. The summed E-state index contributed by atoms with van der Waals surface area (Å²) in [6.45, 7) is 0.983. The number of H-pyrrole nitrogens is 1. The Kier molecular flexibility index (Phi) is 4.06. The minimum atomic E-state index is -4.28. The van der Waals surface area contributed by atoms with Gasteiger partial charge in [-0.2, -0.15) is 4.31 Å². The number of rotatable bonds is 4. The molecule has 11 heteroatoms. The molecule has 1 aromatic heterocycles. The van der Waals surface area contributed by atoms with Crippen molar-refractivity contribution in [1.82, 2.24) is 24.6 Å². The lowest BCUT2D eigenvalue weighted by atomic mass is 9.82. The SMILES string of the molecule is O=S(=O)(c1c(F)cccc1F)N1[C@@H]2CC[C@H]1[C@H]1CN(C(O)c3c[nH]nn3)C[C@H]12. The molecule has 2 N–H and O–H groups in total. The van der Waals surface area contributed by atoms with Gasteiger partial charge in [0.05, 0.1) is 0 Å². The van der Waals surface area contributed by atoms with Gasteiger partial charge in [0.1, 0.15) is 17.3 Å². The average molecular weight is 411 g/mol. The fourth-order valence-electron chi connectivity index (χ4n) is 5.26. The Hall–Kier alpha value is -1.95. The van der Waals surface area contributed by atoms with E-state index in [-0.39, 0.29) is 23.9 Å². The van der Waals surface area contributed by atoms with Crippen LogP contribution in [0.25, 0.3) is 0 Å². The number of hydrogen-bond donors (Lipinski definition) is 2. The Morgan fingerprint density at radius 3 is 2.29 bits per heavy atom. The summed E-state index contributed by atoms with van der Waals surface area (Å²) in [6.07, 6.45) is 1.90. The van der Waals surface area contributed by atoms with Crippen molar-refractivity contribution in [2.75, 3.05) is 13.1 Å². The molecule has 3 aliphatic rings. The van der Waals surface area contributed by atoms with Crippen molar-refractivity contribution < 1.29 is 22.3 Å². The summed E-state index contributed by atoms with van der Waals surface area (Å²) >= 11 is 0. The van der Waals surface area contributed by atoms with Crippen molar-refractivity contribution in [3.63, 3.8) is 0 Å². The van der Waals surface area contributed by atoms with Gasteiger partial charge < -0.3 is 5.11 Å². The van der Waals surface area contributed by atoms with Crippen LogP contribution in [0.4, 0.5) is 8.78 Å². The number of likely N-dealkylation sites (tertiary alicyclic amines) is 1. The third-order valence-electron chi connectivity index (χ3n) is 6.34. The van der Waals surface area contributed by atoms with E-state index >= 15 is 0 Å². The van der Waals surface area contributed by atoms with Gasteiger partial charge in [-0.1, -0.05) is 11.3 Å². The predicted molar refractivity (Wildman–Crippen MR) is 92.1 cm³/mol. The smallest absolute Gasteiger partial charge is 0.249 e. The van der Waals surface area contributed by atoms with Gasteiger partial charge in [0, 0.05) is 31.4 Å². The summed E-state index contributed by atoms with van der Waals surface area (Å²) in [5.41, 5.74) is 0.408. The van der Waals surface area contributed by atoms with E-state index in [4.69, 9.17) is 0 Å². The van der Waals surface area contributed by atoms with Gasteiger partial charge in [-0.25, -0.2) is 17.2 Å². The van der Waals surface area contributed by atoms with E-state index in [1.807, 2.05) is 4.90 Å². The maximum atomic E-state index is 14.2. The zero-order valence-electron chi connectivity index (χ0n) is 14.7. The van der Waals surface area contributed by atoms with Crippen molar-refractivity contribution in [1.29, 1.82) is 0 Å². The largest absolute Gasteiger partial charge is 0.372 e. The first-order chi connectivity index (χ1) is 13.4. The van der Waals surface area contributed by atoms with Crippen LogP contribution < -0.4 is 0 Å². The Morgan fingerprint density at radius 1 is 1.14 bits per heavy atom. The highest BCUT2D eigenvalue weighted by Gasteiger charge is 2.61. The number of aromatic amines is 1. The molecule has 3 fully saturated rings. The Bertz CT molecular complexity index is 962. The molecule has 5 atom stereocenters. The number of aliphatic hydroxyl groups is 1. The molecule has 28 heavy (non-hydrogen) atoms. The Balaban J connectivity index is 1.43. The number of nitrogens with one attached hydrogen (secondary N) is 1. The molecular formula is C17H19F2N5O3S. The maximum Gasteiger partial charge on any atom is 0.249 e. The molecule has 2 aromatic rings. The quantitative estimate of drug-likeness (QED) is 0.774. The second-order valence-electron chi connectivity index (χ2n) is 7.65. The third-order valence-corrected chi connectivity index (χ3v) is 8.34. The van der Waals surface area contributed by atoms with Gasteiger partial charge in [0.25, 0.3) is 0 Å². The fraction of sp³-hybridized carbons (Fsp3) is 0.529. The Labute approximate surface area is 160 Å². The van der Waals surface area contributed by atoms with E-state index in [9.17, 15) is 22.3 Å². The zero-order chi connectivity index (χ0) is 19.6. The highest BCUT2D eigenvalue weighted by Crippen LogP contribution is 2.52. The molecule has 3 aliphatic heterocycles. The summed E-state index contributed by atoms with van der Waals surface area (Å²) in [5.74, 6) is -2.13. The number of aliphatic hydroxyl groups excluding tert-OH is 1. The third kappa shape index (κ3) is 2.46. The number of hydrogen-bond acceptors (Lipinski definition) is 6. The fourth-order valence-corrected chi connectivity index (χ4v) is 7.34. The lowest BCUT2D eigenvalue weighted by molar-refractivity contribution is 0.00723. The zero-order valence-corrected chi connectivity index (χ0v) is 15.6. The first-order valence-electron chi connectivity index (χ1n) is 9.15. The summed E-state index contributed by atoms with van der Waals surface area (Å²) in [5, 5.41) is 20.5. The molecule has 3 saturated heterocycles. The van der Waals surface area contributed by atoms with Crippen molar-refractivity contribution in [3.8, 4) is 0 Å². The van der Waals surface area contributed by atoms with Crippen LogP contribution in [0.2, 0.25) is 0 Å². The topological polar surface area (TPSA) is 102 Å². The predicted octanol–water partition coefficient (Wildman–Crippen LogP) is 0.857. The summed E-state index contributed by atoms with van der Waals surface area (Å²) in [4.78, 5) is 0.984. The summed E-state index contributed by atoms with van der Waals surface area (Å²) in [7, 11) is -4.28. The molecule has 0 spiro atoms. The van der Waals surface area contributed by atoms with Crippen molar-refractivity contribution in [3.05, 3.63) is 41.7 Å². The number of nitrogens with zero attached hydrogens (tertiary/aromatic N) is 4. The number of fused-ring (bicyclic) bond motifs is 5. The van der Waals surface area contributed by atoms with Crippen LogP contribution >= 0.6 is 0 Å². The van der Waals surface area contributed by atoms with Crippen LogP contribution in [-0.4, -0.2) is 63.3 Å². The molecule has 1 unspecified atom stereocenters. The van der Waals surface area contributed by atoms with E-state index in [0.717, 1.165) is 18.2 Å². The molecule has 4 heterocycles. The van der Waals surface area contributed by atoms with E-state index in [0.29, 0.717) is 31.6 Å². The lowest BCUT2D eigenvalue weighted by Gasteiger charge is -2.28. The van der Waals surface area contributed by atoms with Gasteiger partial charge in [-0.15, -0.1) is 5.10 Å². The lowest BCUT2D eigenvalue weighted by Crippen LogP contribution is -2.41. The van der Waals surface area contributed by atoms with Crippen LogP contribution in [0.3, 0.4) is 0 Å². The molecular weight excluding hydrogens is 392 g/mol. The van der Waals surface area contributed by atoms with Crippen molar-refractivity contribution in [2.24, 2.45) is 11.8 Å². The monoisotopic (exact) mass is 411 g/mol. The highest BCUT2D eigenvalue weighted by molar-refractivity contribution is 7.89. The molecule has 8 nitrogen and oxygen atoms in total. The van der Waals surface area contributed by atoms with Gasteiger partial charge in [0.15, 0.2) is 11.1 Å². The number of halogens is 2. The van der Waals surface area contributed by atoms with E-state index in [2.05, 4.69) is 15.4 Å². The number of sulfonamides is 1. The van der Waals surface area contributed by atoms with Crippen LogP contribution in [0.5, 0.6) is 0 Å². The van der Waals surface area contributed by atoms with Crippen molar-refractivity contribution in [2.45, 2.75) is 36.0 Å². The van der Waals surface area contributed by atoms with Gasteiger partial charge in [0.2, 0.25) is 10.0 Å². The van der Waals surface area contributed by atoms with Gasteiger partial charge in [-0.3, -0.25) is 10.00 Å². The molecule has 1 aromatic carbocycles. The first kappa shape index (κ1) is 18.1. The average Bonchev–Trinajstić information content (AvgIpc) is 3.41. The Morgan fingerprint density at radius 2 is 1.75 bits per heavy atom. The van der Waals surface area contributed by atoms with Crippen LogP contribution in [0, 0.1) is 23.5 Å². The van der Waals surface area contributed by atoms with Crippen LogP contribution in [0.1, 0.15) is 24.8 Å². The first-order valence-corrected chi connectivity index (χ1v) is 10.6. The molecule has 0 radical (unpaired) electrons. The molecule has 5 rings (SSSR count). The van der Waals surface area contributed by atoms with Crippen LogP contribution in [0.15, 0.2) is 29.3 Å². The van der Waals surface area contributed by atoms with Gasteiger partial charge >= 0.3 is 0 Å². The second kappa shape index (κ2) is 6.28. The van der Waals surface area contributed by atoms with Gasteiger partial charge in [-0.05, 0) is 36.8 Å². The molecule has 150 valence electrons. The molecule has 0 aliphatic carbocycles. The molecule has 0 amide bonds. The van der Waals surface area contributed by atoms with E-state index in [1.165, 1.54) is 10.5 Å². The summed E-state index contributed by atoms with van der Waals surface area (Å²) in [6, 6.07) is 2.43. The van der Waals surface area contributed by atoms with E-state index < -0.39 is 32.8 Å². The maximum absolute atomic E-state index is 14.2. The minimum Gasteiger partial charge on any atom is -0.372 e. The minimum absolute atomic E-state index is 0.00455.